The van der Waals surface area contributed by atoms with E-state index in [1.54, 1.807) is 13.0 Å². The summed E-state index contributed by atoms with van der Waals surface area (Å²) in [7, 11) is 0. The minimum Gasteiger partial charge on any atom is -0.388 e. The fraction of sp³-hybridized carbons (Fsp3) is 0.385. The van der Waals surface area contributed by atoms with Crippen LogP contribution in [0.2, 0.25) is 5.15 Å². The maximum atomic E-state index is 11.7. The van der Waals surface area contributed by atoms with Crippen molar-refractivity contribution in [1.29, 1.82) is 0 Å². The van der Waals surface area contributed by atoms with Crippen molar-refractivity contribution >= 4 is 39.9 Å². The summed E-state index contributed by atoms with van der Waals surface area (Å²) < 4.78 is 1.82. The third-order valence-electron chi connectivity index (χ3n) is 3.05. The van der Waals surface area contributed by atoms with Gasteiger partial charge < -0.3 is 10.4 Å². The molecule has 0 aliphatic carbocycles. The van der Waals surface area contributed by atoms with Gasteiger partial charge in [-0.3, -0.25) is 9.20 Å². The molecule has 0 bridgehead atoms. The van der Waals surface area contributed by atoms with Gasteiger partial charge in [0.05, 0.1) is 11.3 Å². The smallest absolute Gasteiger partial charge is 0.244 e. The second-order valence-corrected chi connectivity index (χ2v) is 5.98. The minimum absolute atomic E-state index is 0.209. The molecule has 0 radical (unpaired) electrons. The molecule has 7 heteroatoms. The lowest BCUT2D eigenvalue weighted by molar-refractivity contribution is -0.117. The highest BCUT2D eigenvalue weighted by Gasteiger charge is 2.17. The van der Waals surface area contributed by atoms with Gasteiger partial charge >= 0.3 is 0 Å². The Kier molecular flexibility index (Phi) is 4.47. The molecule has 2 heterocycles. The average molecular weight is 314 g/mol. The van der Waals surface area contributed by atoms with Crippen molar-refractivity contribution in [2.45, 2.75) is 25.9 Å². The Morgan fingerprint density at radius 2 is 2.45 bits per heavy atom. The lowest BCUT2D eigenvalue weighted by Crippen LogP contribution is -2.39. The number of aromatic nitrogens is 2. The van der Waals surface area contributed by atoms with Crippen molar-refractivity contribution in [2.75, 3.05) is 6.54 Å². The van der Waals surface area contributed by atoms with E-state index in [-0.39, 0.29) is 12.5 Å². The number of thiazole rings is 1. The summed E-state index contributed by atoms with van der Waals surface area (Å²) in [5.41, 5.74) is -0.224. The van der Waals surface area contributed by atoms with E-state index in [4.69, 9.17) is 11.6 Å². The molecule has 0 aliphatic rings. The molecular weight excluding hydrogens is 298 g/mol. The van der Waals surface area contributed by atoms with Crippen LogP contribution in [0.4, 0.5) is 0 Å². The summed E-state index contributed by atoms with van der Waals surface area (Å²) in [5, 5.41) is 14.7. The van der Waals surface area contributed by atoms with E-state index in [0.717, 1.165) is 4.96 Å². The van der Waals surface area contributed by atoms with Crippen LogP contribution in [-0.4, -0.2) is 32.5 Å². The van der Waals surface area contributed by atoms with Crippen molar-refractivity contribution in [3.05, 3.63) is 28.5 Å². The molecule has 0 fully saturated rings. The number of fused-ring (bicyclic) bond motifs is 1. The van der Waals surface area contributed by atoms with Crippen LogP contribution in [0, 0.1) is 0 Å². The van der Waals surface area contributed by atoms with Gasteiger partial charge in [-0.05, 0) is 19.4 Å². The maximum Gasteiger partial charge on any atom is 0.244 e. The second-order valence-electron chi connectivity index (χ2n) is 4.75. The van der Waals surface area contributed by atoms with Crippen LogP contribution >= 0.6 is 22.9 Å². The Morgan fingerprint density at radius 1 is 1.70 bits per heavy atom. The standard InChI is InChI=1S/C13H16ClN3O2S/c1-3-13(2,19)8-15-10(18)5-4-9-11(14)16-12-17(9)6-7-20-12/h4-7,19H,3,8H2,1-2H3,(H,15,18). The van der Waals surface area contributed by atoms with Gasteiger partial charge in [0, 0.05) is 24.2 Å². The summed E-state index contributed by atoms with van der Waals surface area (Å²) in [6.45, 7) is 3.75. The van der Waals surface area contributed by atoms with E-state index in [1.807, 2.05) is 22.9 Å². The number of hydrogen-bond acceptors (Lipinski definition) is 4. The maximum absolute atomic E-state index is 11.7. The average Bonchev–Trinajstić information content (AvgIpc) is 2.95. The molecule has 1 amide bonds. The molecule has 2 N–H and O–H groups in total. The highest BCUT2D eigenvalue weighted by atomic mass is 35.5. The largest absolute Gasteiger partial charge is 0.388 e. The van der Waals surface area contributed by atoms with Crippen LogP contribution in [-0.2, 0) is 4.79 Å². The zero-order valence-electron chi connectivity index (χ0n) is 11.3. The Morgan fingerprint density at radius 3 is 3.15 bits per heavy atom. The summed E-state index contributed by atoms with van der Waals surface area (Å²) in [6.07, 6.45) is 5.42. The van der Waals surface area contributed by atoms with Gasteiger partial charge in [-0.2, -0.15) is 0 Å². The van der Waals surface area contributed by atoms with Gasteiger partial charge in [-0.1, -0.05) is 18.5 Å². The van der Waals surface area contributed by atoms with E-state index in [0.29, 0.717) is 17.3 Å². The van der Waals surface area contributed by atoms with Crippen LogP contribution in [0.15, 0.2) is 17.7 Å². The Balaban J connectivity index is 2.04. The number of imidazole rings is 1. The summed E-state index contributed by atoms with van der Waals surface area (Å²) in [4.78, 5) is 16.7. The first-order valence-electron chi connectivity index (χ1n) is 6.22. The van der Waals surface area contributed by atoms with E-state index in [2.05, 4.69) is 10.3 Å². The highest BCUT2D eigenvalue weighted by molar-refractivity contribution is 7.15. The zero-order valence-corrected chi connectivity index (χ0v) is 12.8. The third-order valence-corrected chi connectivity index (χ3v) is 4.09. The minimum atomic E-state index is -0.890. The molecule has 2 aromatic heterocycles. The summed E-state index contributed by atoms with van der Waals surface area (Å²) in [5.74, 6) is -0.278. The van der Waals surface area contributed by atoms with E-state index < -0.39 is 5.60 Å². The number of rotatable bonds is 5. The molecule has 108 valence electrons. The van der Waals surface area contributed by atoms with Crippen LogP contribution in [0.25, 0.3) is 11.0 Å². The number of hydrogen-bond donors (Lipinski definition) is 2. The molecule has 5 nitrogen and oxygen atoms in total. The number of nitrogens with one attached hydrogen (secondary N) is 1. The van der Waals surface area contributed by atoms with Gasteiger partial charge in [0.25, 0.3) is 0 Å². The molecule has 0 spiro atoms. The second kappa shape index (κ2) is 5.95. The highest BCUT2D eigenvalue weighted by Crippen LogP contribution is 2.22. The van der Waals surface area contributed by atoms with Crippen molar-refractivity contribution in [1.82, 2.24) is 14.7 Å². The zero-order chi connectivity index (χ0) is 14.8. The SMILES string of the molecule is CCC(C)(O)CNC(=O)C=Cc1c(Cl)nc2sccn12. The number of carbonyl (C=O) groups is 1. The van der Waals surface area contributed by atoms with E-state index >= 15 is 0 Å². The molecule has 20 heavy (non-hydrogen) atoms. The quantitative estimate of drug-likeness (QED) is 0.833. The molecule has 0 saturated carbocycles. The topological polar surface area (TPSA) is 66.6 Å². The van der Waals surface area contributed by atoms with E-state index in [9.17, 15) is 9.90 Å². The first-order chi connectivity index (χ1) is 9.43. The lowest BCUT2D eigenvalue weighted by Gasteiger charge is -2.20. The Hall–Kier alpha value is -1.37. The van der Waals surface area contributed by atoms with Crippen LogP contribution in [0.5, 0.6) is 0 Å². The third kappa shape index (κ3) is 3.39. The van der Waals surface area contributed by atoms with Crippen molar-refractivity contribution < 1.29 is 9.90 Å². The fourth-order valence-electron chi connectivity index (χ4n) is 1.54. The first-order valence-corrected chi connectivity index (χ1v) is 7.48. The Labute approximate surface area is 125 Å². The molecule has 2 rings (SSSR count). The van der Waals surface area contributed by atoms with Gasteiger partial charge in [0.15, 0.2) is 10.1 Å². The van der Waals surface area contributed by atoms with Crippen LogP contribution in [0.3, 0.4) is 0 Å². The summed E-state index contributed by atoms with van der Waals surface area (Å²) >= 11 is 7.49. The number of aliphatic hydroxyl groups is 1. The molecule has 0 saturated heterocycles. The predicted molar refractivity (Wildman–Crippen MR) is 81.0 cm³/mol. The molecule has 0 aliphatic heterocycles. The lowest BCUT2D eigenvalue weighted by atomic mass is 10.0. The molecule has 2 aromatic rings. The number of carbonyl (C=O) groups excluding carboxylic acids is 1. The van der Waals surface area contributed by atoms with Crippen molar-refractivity contribution in [2.24, 2.45) is 0 Å². The molecule has 1 atom stereocenters. The van der Waals surface area contributed by atoms with Crippen molar-refractivity contribution in [3.8, 4) is 0 Å². The number of amides is 1. The predicted octanol–water partition coefficient (Wildman–Crippen LogP) is 2.34. The van der Waals surface area contributed by atoms with Gasteiger partial charge in [0.1, 0.15) is 0 Å². The number of halogens is 1. The van der Waals surface area contributed by atoms with Gasteiger partial charge in [0.2, 0.25) is 5.91 Å². The molecular formula is C13H16ClN3O2S. The van der Waals surface area contributed by atoms with Gasteiger partial charge in [-0.15, -0.1) is 11.3 Å². The fourth-order valence-corrected chi connectivity index (χ4v) is 2.55. The van der Waals surface area contributed by atoms with Crippen molar-refractivity contribution in [3.63, 3.8) is 0 Å². The van der Waals surface area contributed by atoms with E-state index in [1.165, 1.54) is 17.4 Å². The Bertz CT molecular complexity index is 645. The van der Waals surface area contributed by atoms with Crippen LogP contribution in [0.1, 0.15) is 26.0 Å². The first kappa shape index (κ1) is 15.0. The number of nitrogens with zero attached hydrogens (tertiary/aromatic N) is 2. The summed E-state index contributed by atoms with van der Waals surface area (Å²) in [6, 6.07) is 0. The normalized spacial score (nSPS) is 14.8. The monoisotopic (exact) mass is 313 g/mol. The van der Waals surface area contributed by atoms with Gasteiger partial charge in [-0.25, -0.2) is 4.98 Å². The van der Waals surface area contributed by atoms with Crippen LogP contribution < -0.4 is 5.32 Å². The molecule has 0 aromatic carbocycles. The molecule has 1 unspecified atom stereocenters.